The van der Waals surface area contributed by atoms with Crippen LogP contribution in [-0.4, -0.2) is 21.7 Å². The zero-order chi connectivity index (χ0) is 8.15. The van der Waals surface area contributed by atoms with Crippen molar-refractivity contribution in [3.63, 3.8) is 0 Å². The van der Waals surface area contributed by atoms with Gasteiger partial charge in [0.1, 0.15) is 0 Å². The number of rotatable bonds is 2. The van der Waals surface area contributed by atoms with Gasteiger partial charge in [0.15, 0.2) is 10.2 Å². The van der Waals surface area contributed by atoms with Crippen LogP contribution in [0.3, 0.4) is 0 Å². The van der Waals surface area contributed by atoms with Crippen molar-refractivity contribution < 1.29 is 0 Å². The minimum Gasteiger partial charge on any atom is -0.376 e. The molecule has 58 valence electrons. The Bertz CT molecular complexity index is 132. The van der Waals surface area contributed by atoms with Gasteiger partial charge in [-0.3, -0.25) is 4.90 Å². The molecule has 3 nitrogen and oxygen atoms in total. The second-order valence-corrected chi connectivity index (χ2v) is 2.66. The summed E-state index contributed by atoms with van der Waals surface area (Å²) in [5.74, 6) is 0. The first-order valence-corrected chi connectivity index (χ1v) is 3.77. The summed E-state index contributed by atoms with van der Waals surface area (Å²) in [5.41, 5.74) is 10.6. The van der Waals surface area contributed by atoms with Gasteiger partial charge in [-0.1, -0.05) is 6.92 Å². The summed E-state index contributed by atoms with van der Waals surface area (Å²) in [6.45, 7) is 2.70. The maximum Gasteiger partial charge on any atom is 0.172 e. The number of thiocarbonyl (C=S) groups is 2. The van der Waals surface area contributed by atoms with Crippen LogP contribution in [0.1, 0.15) is 13.3 Å². The summed E-state index contributed by atoms with van der Waals surface area (Å²) in [6, 6.07) is 0. The van der Waals surface area contributed by atoms with Crippen molar-refractivity contribution in [2.45, 2.75) is 13.3 Å². The molecule has 0 saturated heterocycles. The Hall–Kier alpha value is -0.420. The van der Waals surface area contributed by atoms with Crippen LogP contribution in [0.5, 0.6) is 0 Å². The topological polar surface area (TPSA) is 55.3 Å². The van der Waals surface area contributed by atoms with Crippen LogP contribution in [0.25, 0.3) is 0 Å². The number of nitrogens with zero attached hydrogens (tertiary/aromatic N) is 1. The summed E-state index contributed by atoms with van der Waals surface area (Å²) in [7, 11) is 0. The Morgan fingerprint density at radius 3 is 1.80 bits per heavy atom. The van der Waals surface area contributed by atoms with Gasteiger partial charge in [0.25, 0.3) is 0 Å². The fourth-order valence-electron chi connectivity index (χ4n) is 0.553. The van der Waals surface area contributed by atoms with Crippen LogP contribution >= 0.6 is 24.4 Å². The van der Waals surface area contributed by atoms with E-state index in [9.17, 15) is 0 Å². The molecule has 0 unspecified atom stereocenters. The molecule has 4 N–H and O–H groups in total. The van der Waals surface area contributed by atoms with Gasteiger partial charge in [0.05, 0.1) is 0 Å². The fourth-order valence-corrected chi connectivity index (χ4v) is 0.990. The van der Waals surface area contributed by atoms with Gasteiger partial charge in [0.2, 0.25) is 0 Å². The number of nitrogens with two attached hydrogens (primary N) is 2. The smallest absolute Gasteiger partial charge is 0.172 e. The molecule has 0 atom stereocenters. The lowest BCUT2D eigenvalue weighted by Crippen LogP contribution is -2.43. The van der Waals surface area contributed by atoms with E-state index in [1.54, 1.807) is 0 Å². The van der Waals surface area contributed by atoms with Gasteiger partial charge < -0.3 is 11.5 Å². The van der Waals surface area contributed by atoms with Gasteiger partial charge in [-0.2, -0.15) is 0 Å². The standard InChI is InChI=1S/C5H11N3S2/c1-2-3-8(4(6)9)5(7)10/h2-3H2,1H3,(H2,6,9)(H2,7,10). The molecule has 0 amide bonds. The van der Waals surface area contributed by atoms with Crippen molar-refractivity contribution in [1.82, 2.24) is 4.90 Å². The van der Waals surface area contributed by atoms with Crippen molar-refractivity contribution in [1.29, 1.82) is 0 Å². The number of hydrogen-bond acceptors (Lipinski definition) is 2. The van der Waals surface area contributed by atoms with E-state index in [0.717, 1.165) is 6.42 Å². The van der Waals surface area contributed by atoms with Crippen molar-refractivity contribution in [3.8, 4) is 0 Å². The van der Waals surface area contributed by atoms with Gasteiger partial charge in [-0.15, -0.1) is 0 Å². The van der Waals surface area contributed by atoms with E-state index in [2.05, 4.69) is 0 Å². The normalized spacial score (nSPS) is 8.90. The fraction of sp³-hybridized carbons (Fsp3) is 0.600. The first kappa shape index (κ1) is 9.58. The molecule has 0 radical (unpaired) electrons. The van der Waals surface area contributed by atoms with E-state index in [0.29, 0.717) is 6.54 Å². The van der Waals surface area contributed by atoms with Crippen LogP contribution in [-0.2, 0) is 0 Å². The highest BCUT2D eigenvalue weighted by Gasteiger charge is 2.05. The summed E-state index contributed by atoms with van der Waals surface area (Å²) >= 11 is 9.39. The van der Waals surface area contributed by atoms with E-state index in [4.69, 9.17) is 35.9 Å². The molecule has 0 aliphatic carbocycles. The maximum atomic E-state index is 5.31. The van der Waals surface area contributed by atoms with Gasteiger partial charge in [-0.25, -0.2) is 0 Å². The molecule has 10 heavy (non-hydrogen) atoms. The largest absolute Gasteiger partial charge is 0.376 e. The first-order valence-electron chi connectivity index (χ1n) is 2.96. The van der Waals surface area contributed by atoms with Crippen molar-refractivity contribution in [2.75, 3.05) is 6.54 Å². The molecular formula is C5H11N3S2. The minimum absolute atomic E-state index is 0.245. The van der Waals surface area contributed by atoms with E-state index >= 15 is 0 Å². The Balaban J connectivity index is 3.98. The highest BCUT2D eigenvalue weighted by Crippen LogP contribution is 1.90. The molecule has 0 bridgehead atoms. The Labute approximate surface area is 71.4 Å². The van der Waals surface area contributed by atoms with Crippen LogP contribution in [0.4, 0.5) is 0 Å². The van der Waals surface area contributed by atoms with Gasteiger partial charge in [0, 0.05) is 6.54 Å². The predicted octanol–water partition coefficient (Wildman–Crippen LogP) is 0.186. The van der Waals surface area contributed by atoms with E-state index in [1.807, 2.05) is 6.92 Å². The van der Waals surface area contributed by atoms with E-state index in [1.165, 1.54) is 4.90 Å². The molecule has 0 fully saturated rings. The summed E-state index contributed by atoms with van der Waals surface area (Å²) in [4.78, 5) is 1.53. The van der Waals surface area contributed by atoms with Crippen LogP contribution in [0, 0.1) is 0 Å². The Morgan fingerprint density at radius 1 is 1.30 bits per heavy atom. The lowest BCUT2D eigenvalue weighted by Gasteiger charge is -2.19. The summed E-state index contributed by atoms with van der Waals surface area (Å²) in [6.07, 6.45) is 0.925. The molecule has 0 aliphatic rings. The molecule has 0 aromatic rings. The lowest BCUT2D eigenvalue weighted by atomic mass is 10.4. The molecule has 0 rings (SSSR count). The van der Waals surface area contributed by atoms with Crippen LogP contribution in [0.15, 0.2) is 0 Å². The SMILES string of the molecule is CCCN(C(N)=S)C(N)=S. The first-order chi connectivity index (χ1) is 4.59. The third-order valence-corrected chi connectivity index (χ3v) is 1.42. The average molecular weight is 177 g/mol. The molecular weight excluding hydrogens is 166 g/mol. The average Bonchev–Trinajstić information content (AvgIpc) is 1.81. The molecule has 0 aliphatic heterocycles. The van der Waals surface area contributed by atoms with E-state index < -0.39 is 0 Å². The summed E-state index contributed by atoms with van der Waals surface area (Å²) < 4.78 is 0. The zero-order valence-corrected chi connectivity index (χ0v) is 7.47. The Morgan fingerprint density at radius 2 is 1.70 bits per heavy atom. The molecule has 0 spiro atoms. The predicted molar refractivity (Wildman–Crippen MR) is 50.6 cm³/mol. The zero-order valence-electron chi connectivity index (χ0n) is 5.83. The number of hydrogen-bond donors (Lipinski definition) is 2. The minimum atomic E-state index is 0.245. The van der Waals surface area contributed by atoms with Crippen LogP contribution < -0.4 is 11.5 Å². The lowest BCUT2D eigenvalue weighted by molar-refractivity contribution is 0.602. The van der Waals surface area contributed by atoms with Crippen molar-refractivity contribution >= 4 is 34.7 Å². The molecule has 0 aromatic carbocycles. The third-order valence-electron chi connectivity index (χ3n) is 0.979. The second-order valence-electron chi connectivity index (χ2n) is 1.83. The van der Waals surface area contributed by atoms with Gasteiger partial charge >= 0.3 is 0 Å². The maximum absolute atomic E-state index is 5.31. The molecule has 0 heterocycles. The third kappa shape index (κ3) is 2.93. The second kappa shape index (κ2) is 4.40. The molecule has 0 saturated carbocycles. The van der Waals surface area contributed by atoms with Gasteiger partial charge in [-0.05, 0) is 30.9 Å². The monoisotopic (exact) mass is 177 g/mol. The van der Waals surface area contributed by atoms with Crippen molar-refractivity contribution in [3.05, 3.63) is 0 Å². The highest BCUT2D eigenvalue weighted by atomic mass is 32.1. The quantitative estimate of drug-likeness (QED) is 0.590. The molecule has 5 heteroatoms. The highest BCUT2D eigenvalue weighted by molar-refractivity contribution is 7.81. The van der Waals surface area contributed by atoms with Crippen LogP contribution in [0.2, 0.25) is 0 Å². The van der Waals surface area contributed by atoms with Crippen molar-refractivity contribution in [2.24, 2.45) is 11.5 Å². The Kier molecular flexibility index (Phi) is 4.22. The summed E-state index contributed by atoms with van der Waals surface area (Å²) in [5, 5.41) is 0.490. The van der Waals surface area contributed by atoms with E-state index in [-0.39, 0.29) is 10.2 Å². The molecule has 0 aromatic heterocycles.